The van der Waals surface area contributed by atoms with E-state index in [1.54, 1.807) is 0 Å². The fourth-order valence-electron chi connectivity index (χ4n) is 2.57. The average Bonchev–Trinajstić information content (AvgIpc) is 2.83. The molecule has 0 aliphatic heterocycles. The number of rotatable bonds is 8. The van der Waals surface area contributed by atoms with Gasteiger partial charge in [-0.25, -0.2) is 0 Å². The fourth-order valence-corrected chi connectivity index (χ4v) is 2.57. The highest BCUT2D eigenvalue weighted by Crippen LogP contribution is 2.23. The summed E-state index contributed by atoms with van der Waals surface area (Å²) in [5, 5.41) is 2.86. The molecule has 0 aromatic carbocycles. The van der Waals surface area contributed by atoms with Crippen molar-refractivity contribution in [2.75, 3.05) is 26.2 Å². The molecule has 1 aliphatic carbocycles. The second-order valence-electron chi connectivity index (χ2n) is 4.82. The Hall–Kier alpha value is -0.610. The van der Waals surface area contributed by atoms with Crippen molar-refractivity contribution in [3.8, 4) is 0 Å². The Kier molecular flexibility index (Phi) is 7.21. The highest BCUT2D eigenvalue weighted by atomic mass is 16.1. The topological polar surface area (TPSA) is 58.4 Å². The lowest BCUT2D eigenvalue weighted by atomic mass is 10.2. The first-order chi connectivity index (χ1) is 8.27. The van der Waals surface area contributed by atoms with Crippen molar-refractivity contribution < 1.29 is 4.79 Å². The van der Waals surface area contributed by atoms with Crippen LogP contribution in [0.4, 0.5) is 0 Å². The van der Waals surface area contributed by atoms with Crippen molar-refractivity contribution in [2.45, 2.75) is 51.5 Å². The van der Waals surface area contributed by atoms with Crippen molar-refractivity contribution in [3.63, 3.8) is 0 Å². The zero-order valence-electron chi connectivity index (χ0n) is 11.1. The van der Waals surface area contributed by atoms with Crippen LogP contribution in [-0.4, -0.2) is 43.0 Å². The molecular formula is C13H27N3O. The maximum Gasteiger partial charge on any atom is 0.221 e. The minimum atomic E-state index is 0.170. The lowest BCUT2D eigenvalue weighted by Crippen LogP contribution is -2.38. The summed E-state index contributed by atoms with van der Waals surface area (Å²) in [6, 6.07) is 0.691. The van der Waals surface area contributed by atoms with Crippen LogP contribution in [0.3, 0.4) is 0 Å². The third-order valence-corrected chi connectivity index (χ3v) is 3.49. The predicted molar refractivity (Wildman–Crippen MR) is 70.8 cm³/mol. The number of nitrogens with two attached hydrogens (primary N) is 1. The molecule has 1 rings (SSSR count). The molecule has 0 atom stereocenters. The molecule has 1 amide bonds. The molecule has 3 N–H and O–H groups in total. The molecule has 4 heteroatoms. The van der Waals surface area contributed by atoms with E-state index in [-0.39, 0.29) is 5.91 Å². The Morgan fingerprint density at radius 1 is 1.35 bits per heavy atom. The molecule has 0 aromatic rings. The minimum absolute atomic E-state index is 0.170. The van der Waals surface area contributed by atoms with Crippen LogP contribution >= 0.6 is 0 Å². The normalized spacial score (nSPS) is 16.6. The molecule has 0 radical (unpaired) electrons. The van der Waals surface area contributed by atoms with Crippen molar-refractivity contribution in [1.82, 2.24) is 10.2 Å². The first-order valence-electron chi connectivity index (χ1n) is 6.98. The summed E-state index contributed by atoms with van der Waals surface area (Å²) in [4.78, 5) is 13.9. The number of nitrogens with zero attached hydrogens (tertiary/aromatic N) is 1. The van der Waals surface area contributed by atoms with Gasteiger partial charge in [-0.1, -0.05) is 12.8 Å². The summed E-state index contributed by atoms with van der Waals surface area (Å²) >= 11 is 0. The first-order valence-corrected chi connectivity index (χ1v) is 6.98. The summed E-state index contributed by atoms with van der Waals surface area (Å²) in [6.07, 6.45) is 6.91. The predicted octanol–water partition coefficient (Wildman–Crippen LogP) is 1.11. The summed E-state index contributed by atoms with van der Waals surface area (Å²) in [5.41, 5.74) is 5.57. The second kappa shape index (κ2) is 8.48. The van der Waals surface area contributed by atoms with Gasteiger partial charge in [0.1, 0.15) is 0 Å². The van der Waals surface area contributed by atoms with Gasteiger partial charge in [0.05, 0.1) is 0 Å². The molecule has 1 aliphatic rings. The maximum atomic E-state index is 11.5. The number of hydrogen-bond acceptors (Lipinski definition) is 3. The van der Waals surface area contributed by atoms with Crippen LogP contribution in [0.1, 0.15) is 45.4 Å². The van der Waals surface area contributed by atoms with Gasteiger partial charge in [0.25, 0.3) is 0 Å². The van der Waals surface area contributed by atoms with Crippen molar-refractivity contribution in [2.24, 2.45) is 5.73 Å². The van der Waals surface area contributed by atoms with Gasteiger partial charge >= 0.3 is 0 Å². The highest BCUT2D eigenvalue weighted by molar-refractivity contribution is 5.75. The third kappa shape index (κ3) is 5.50. The second-order valence-corrected chi connectivity index (χ2v) is 4.82. The molecule has 0 spiro atoms. The molecule has 0 heterocycles. The van der Waals surface area contributed by atoms with Gasteiger partial charge in [-0.2, -0.15) is 0 Å². The van der Waals surface area contributed by atoms with Crippen molar-refractivity contribution in [1.29, 1.82) is 0 Å². The molecule has 0 bridgehead atoms. The van der Waals surface area contributed by atoms with Gasteiger partial charge in [-0.15, -0.1) is 0 Å². The van der Waals surface area contributed by atoms with E-state index in [4.69, 9.17) is 5.73 Å². The van der Waals surface area contributed by atoms with E-state index in [9.17, 15) is 4.79 Å². The SMILES string of the molecule is CCNC(=O)CCN(CCCN)C1CCCC1. The van der Waals surface area contributed by atoms with Crippen LogP contribution in [0.2, 0.25) is 0 Å². The Labute approximate surface area is 105 Å². The van der Waals surface area contributed by atoms with E-state index in [2.05, 4.69) is 10.2 Å². The van der Waals surface area contributed by atoms with Gasteiger partial charge in [0.2, 0.25) is 5.91 Å². The molecule has 100 valence electrons. The van der Waals surface area contributed by atoms with Crippen molar-refractivity contribution in [3.05, 3.63) is 0 Å². The van der Waals surface area contributed by atoms with E-state index in [0.29, 0.717) is 12.5 Å². The monoisotopic (exact) mass is 241 g/mol. The molecule has 0 unspecified atom stereocenters. The zero-order chi connectivity index (χ0) is 12.5. The quantitative estimate of drug-likeness (QED) is 0.669. The third-order valence-electron chi connectivity index (χ3n) is 3.49. The van der Waals surface area contributed by atoms with Crippen LogP contribution < -0.4 is 11.1 Å². The Balaban J connectivity index is 2.31. The van der Waals surface area contributed by atoms with Crippen LogP contribution in [0.5, 0.6) is 0 Å². The van der Waals surface area contributed by atoms with E-state index >= 15 is 0 Å². The highest BCUT2D eigenvalue weighted by Gasteiger charge is 2.22. The molecule has 17 heavy (non-hydrogen) atoms. The van der Waals surface area contributed by atoms with Crippen LogP contribution in [-0.2, 0) is 4.79 Å². The van der Waals surface area contributed by atoms with Crippen LogP contribution in [0, 0.1) is 0 Å². The fraction of sp³-hybridized carbons (Fsp3) is 0.923. The molecule has 4 nitrogen and oxygen atoms in total. The smallest absolute Gasteiger partial charge is 0.221 e. The summed E-state index contributed by atoms with van der Waals surface area (Å²) < 4.78 is 0. The first kappa shape index (κ1) is 14.5. The molecule has 1 fully saturated rings. The van der Waals surface area contributed by atoms with Gasteiger partial charge < -0.3 is 11.1 Å². The Morgan fingerprint density at radius 3 is 2.65 bits per heavy atom. The summed E-state index contributed by atoms with van der Waals surface area (Å²) in [7, 11) is 0. The van der Waals surface area contributed by atoms with E-state index < -0.39 is 0 Å². The Bertz CT molecular complexity index is 215. The maximum absolute atomic E-state index is 11.5. The molecular weight excluding hydrogens is 214 g/mol. The number of carbonyl (C=O) groups excluding carboxylic acids is 1. The molecule has 1 saturated carbocycles. The van der Waals surface area contributed by atoms with Gasteiger partial charge in [0.15, 0.2) is 0 Å². The van der Waals surface area contributed by atoms with Gasteiger partial charge in [0, 0.05) is 25.6 Å². The minimum Gasteiger partial charge on any atom is -0.356 e. The largest absolute Gasteiger partial charge is 0.356 e. The van der Waals surface area contributed by atoms with Crippen LogP contribution in [0.15, 0.2) is 0 Å². The number of hydrogen-bond donors (Lipinski definition) is 2. The zero-order valence-corrected chi connectivity index (χ0v) is 11.1. The Morgan fingerprint density at radius 2 is 2.06 bits per heavy atom. The van der Waals surface area contributed by atoms with Crippen molar-refractivity contribution >= 4 is 5.91 Å². The molecule has 0 aromatic heterocycles. The lowest BCUT2D eigenvalue weighted by Gasteiger charge is -2.28. The van der Waals surface area contributed by atoms with Crippen LogP contribution in [0.25, 0.3) is 0 Å². The summed E-state index contributed by atoms with van der Waals surface area (Å²) in [5.74, 6) is 0.170. The lowest BCUT2D eigenvalue weighted by molar-refractivity contribution is -0.121. The van der Waals surface area contributed by atoms with E-state index in [0.717, 1.165) is 32.6 Å². The average molecular weight is 241 g/mol. The van der Waals surface area contributed by atoms with E-state index in [1.807, 2.05) is 6.92 Å². The number of carbonyl (C=O) groups is 1. The van der Waals surface area contributed by atoms with Gasteiger partial charge in [-0.05, 0) is 39.3 Å². The summed E-state index contributed by atoms with van der Waals surface area (Å²) in [6.45, 7) is 5.35. The van der Waals surface area contributed by atoms with Gasteiger partial charge in [-0.3, -0.25) is 9.69 Å². The number of amides is 1. The number of nitrogens with one attached hydrogen (secondary N) is 1. The standard InChI is InChI=1S/C13H27N3O/c1-2-15-13(17)8-11-16(10-5-9-14)12-6-3-4-7-12/h12H,2-11,14H2,1H3,(H,15,17). The molecule has 0 saturated heterocycles. The van der Waals surface area contributed by atoms with E-state index in [1.165, 1.54) is 25.7 Å².